The molecule has 0 saturated heterocycles. The minimum atomic E-state index is -4.40. The summed E-state index contributed by atoms with van der Waals surface area (Å²) in [4.78, 5) is 4.29. The summed E-state index contributed by atoms with van der Waals surface area (Å²) in [5, 5.41) is 1.80. The van der Waals surface area contributed by atoms with Crippen LogP contribution in [0.5, 0.6) is 0 Å². The molecule has 2 rings (SSSR count). The van der Waals surface area contributed by atoms with Crippen LogP contribution >= 0.6 is 27.3 Å². The van der Waals surface area contributed by atoms with E-state index in [9.17, 15) is 13.2 Å². The quantitative estimate of drug-likeness (QED) is 0.780. The summed E-state index contributed by atoms with van der Waals surface area (Å²) in [5.74, 6) is 0.322. The van der Waals surface area contributed by atoms with Crippen LogP contribution in [-0.2, 0) is 13.2 Å². The van der Waals surface area contributed by atoms with E-state index in [0.717, 1.165) is 10.7 Å². The van der Waals surface area contributed by atoms with E-state index in [1.807, 2.05) is 0 Å². The van der Waals surface area contributed by atoms with Gasteiger partial charge in [-0.05, 0) is 22.0 Å². The van der Waals surface area contributed by atoms with Gasteiger partial charge < -0.3 is 4.57 Å². The second-order valence-electron chi connectivity index (χ2n) is 3.19. The van der Waals surface area contributed by atoms with Crippen molar-refractivity contribution in [2.24, 2.45) is 7.05 Å². The number of imidazole rings is 1. The normalized spacial score (nSPS) is 12.1. The average molecular weight is 311 g/mol. The van der Waals surface area contributed by atoms with Crippen molar-refractivity contribution in [3.05, 3.63) is 27.8 Å². The molecule has 0 unspecified atom stereocenters. The maximum absolute atomic E-state index is 12.4. The minimum absolute atomic E-state index is 0.322. The van der Waals surface area contributed by atoms with Gasteiger partial charge in [0.25, 0.3) is 0 Å². The molecule has 0 bridgehead atoms. The molecule has 0 amide bonds. The van der Waals surface area contributed by atoms with Crippen LogP contribution in [0.3, 0.4) is 0 Å². The standard InChI is InChI=1S/C9H6BrF3N2S/c1-15-3-7(9(11,12)13)14-8(15)6-2-5(10)4-16-6/h2-4H,1H3. The number of rotatable bonds is 1. The van der Waals surface area contributed by atoms with Gasteiger partial charge >= 0.3 is 6.18 Å². The molecular formula is C9H6BrF3N2S. The van der Waals surface area contributed by atoms with Crippen LogP contribution in [0, 0.1) is 0 Å². The van der Waals surface area contributed by atoms with Gasteiger partial charge in [-0.1, -0.05) is 0 Å². The Kier molecular flexibility index (Phi) is 2.83. The molecule has 0 atom stereocenters. The maximum Gasteiger partial charge on any atom is 0.434 e. The average Bonchev–Trinajstić information content (AvgIpc) is 2.70. The molecule has 0 saturated carbocycles. The maximum atomic E-state index is 12.4. The molecule has 16 heavy (non-hydrogen) atoms. The van der Waals surface area contributed by atoms with Gasteiger partial charge in [-0.2, -0.15) is 13.2 Å². The van der Waals surface area contributed by atoms with Gasteiger partial charge in [0.1, 0.15) is 0 Å². The molecule has 0 aliphatic carbocycles. The Hall–Kier alpha value is -0.820. The number of halogens is 4. The van der Waals surface area contributed by atoms with Crippen LogP contribution in [-0.4, -0.2) is 9.55 Å². The van der Waals surface area contributed by atoms with E-state index in [0.29, 0.717) is 10.7 Å². The lowest BCUT2D eigenvalue weighted by Crippen LogP contribution is -2.04. The Morgan fingerprint density at radius 1 is 1.44 bits per heavy atom. The fraction of sp³-hybridized carbons (Fsp3) is 0.222. The zero-order valence-electron chi connectivity index (χ0n) is 8.05. The van der Waals surface area contributed by atoms with Crippen LogP contribution < -0.4 is 0 Å². The zero-order valence-corrected chi connectivity index (χ0v) is 10.4. The van der Waals surface area contributed by atoms with Crippen molar-refractivity contribution in [1.82, 2.24) is 9.55 Å². The highest BCUT2D eigenvalue weighted by molar-refractivity contribution is 9.10. The van der Waals surface area contributed by atoms with E-state index < -0.39 is 11.9 Å². The van der Waals surface area contributed by atoms with Crippen LogP contribution in [0.4, 0.5) is 13.2 Å². The van der Waals surface area contributed by atoms with Gasteiger partial charge in [0.15, 0.2) is 11.5 Å². The Morgan fingerprint density at radius 2 is 2.12 bits per heavy atom. The highest BCUT2D eigenvalue weighted by atomic mass is 79.9. The van der Waals surface area contributed by atoms with Crippen LogP contribution in [0.1, 0.15) is 5.69 Å². The molecule has 0 aromatic carbocycles. The van der Waals surface area contributed by atoms with Gasteiger partial charge in [-0.3, -0.25) is 0 Å². The first-order valence-corrected chi connectivity index (χ1v) is 5.90. The minimum Gasteiger partial charge on any atom is -0.333 e. The molecular weight excluding hydrogens is 305 g/mol. The first kappa shape index (κ1) is 11.7. The van der Waals surface area contributed by atoms with Crippen LogP contribution in [0.15, 0.2) is 22.1 Å². The van der Waals surface area contributed by atoms with Crippen molar-refractivity contribution in [2.75, 3.05) is 0 Å². The second-order valence-corrected chi connectivity index (χ2v) is 5.01. The lowest BCUT2D eigenvalue weighted by molar-refractivity contribution is -0.140. The number of nitrogens with zero attached hydrogens (tertiary/aromatic N) is 2. The number of alkyl halides is 3. The van der Waals surface area contributed by atoms with Crippen molar-refractivity contribution in [2.45, 2.75) is 6.18 Å². The molecule has 2 aromatic heterocycles. The Bertz CT molecular complexity index is 515. The van der Waals surface area contributed by atoms with Gasteiger partial charge in [0, 0.05) is 23.1 Å². The highest BCUT2D eigenvalue weighted by Gasteiger charge is 2.34. The molecule has 2 nitrogen and oxygen atoms in total. The van der Waals surface area contributed by atoms with Crippen LogP contribution in [0.2, 0.25) is 0 Å². The van der Waals surface area contributed by atoms with Crippen molar-refractivity contribution in [3.63, 3.8) is 0 Å². The largest absolute Gasteiger partial charge is 0.434 e. The Labute approximate surface area is 102 Å². The fourth-order valence-electron chi connectivity index (χ4n) is 1.26. The second kappa shape index (κ2) is 3.89. The lowest BCUT2D eigenvalue weighted by atomic mass is 10.4. The summed E-state index contributed by atoms with van der Waals surface area (Å²) in [6.07, 6.45) is -3.41. The molecule has 0 N–H and O–H groups in total. The van der Waals surface area contributed by atoms with E-state index in [2.05, 4.69) is 20.9 Å². The highest BCUT2D eigenvalue weighted by Crippen LogP contribution is 2.33. The predicted octanol–water partition coefficient (Wildman–Crippen LogP) is 3.93. The molecule has 0 aliphatic rings. The third-order valence-corrected chi connectivity index (χ3v) is 3.64. The fourth-order valence-corrected chi connectivity index (χ4v) is 2.72. The molecule has 2 aromatic rings. The summed E-state index contributed by atoms with van der Waals surface area (Å²) < 4.78 is 39.5. The van der Waals surface area contributed by atoms with Gasteiger partial charge in [-0.25, -0.2) is 4.98 Å². The van der Waals surface area contributed by atoms with Crippen molar-refractivity contribution >= 4 is 27.3 Å². The first-order chi connectivity index (χ1) is 7.38. The van der Waals surface area contributed by atoms with E-state index in [-0.39, 0.29) is 0 Å². The summed E-state index contributed by atoms with van der Waals surface area (Å²) in [5.41, 5.74) is -0.866. The monoisotopic (exact) mass is 310 g/mol. The number of aryl methyl sites for hydroxylation is 1. The van der Waals surface area contributed by atoms with Crippen molar-refractivity contribution in [1.29, 1.82) is 0 Å². The predicted molar refractivity (Wildman–Crippen MR) is 59.2 cm³/mol. The van der Waals surface area contributed by atoms with E-state index in [4.69, 9.17) is 0 Å². The molecule has 0 radical (unpaired) electrons. The number of thiophene rings is 1. The SMILES string of the molecule is Cn1cc(C(F)(F)F)nc1-c1cc(Br)cs1. The van der Waals surface area contributed by atoms with E-state index in [1.54, 1.807) is 18.5 Å². The van der Waals surface area contributed by atoms with Crippen molar-refractivity contribution < 1.29 is 13.2 Å². The van der Waals surface area contributed by atoms with Crippen molar-refractivity contribution in [3.8, 4) is 10.7 Å². The van der Waals surface area contributed by atoms with Gasteiger partial charge in [-0.15, -0.1) is 11.3 Å². The smallest absolute Gasteiger partial charge is 0.333 e. The van der Waals surface area contributed by atoms with E-state index in [1.165, 1.54) is 15.9 Å². The number of hydrogen-bond acceptors (Lipinski definition) is 2. The first-order valence-electron chi connectivity index (χ1n) is 4.23. The summed E-state index contributed by atoms with van der Waals surface area (Å²) >= 11 is 4.59. The summed E-state index contributed by atoms with van der Waals surface area (Å²) in [6, 6.07) is 1.74. The third kappa shape index (κ3) is 2.15. The molecule has 0 aliphatic heterocycles. The molecule has 86 valence electrons. The summed E-state index contributed by atoms with van der Waals surface area (Å²) in [7, 11) is 1.55. The van der Waals surface area contributed by atoms with Gasteiger partial charge in [0.2, 0.25) is 0 Å². The molecule has 2 heterocycles. The Morgan fingerprint density at radius 3 is 2.56 bits per heavy atom. The summed E-state index contributed by atoms with van der Waals surface area (Å²) in [6.45, 7) is 0. The Balaban J connectivity index is 2.47. The third-order valence-electron chi connectivity index (χ3n) is 1.95. The molecule has 0 fully saturated rings. The number of hydrogen-bond donors (Lipinski definition) is 0. The zero-order chi connectivity index (χ0) is 11.9. The van der Waals surface area contributed by atoms with E-state index >= 15 is 0 Å². The molecule has 7 heteroatoms. The topological polar surface area (TPSA) is 17.8 Å². The molecule has 0 spiro atoms. The van der Waals surface area contributed by atoms with Crippen LogP contribution in [0.25, 0.3) is 10.7 Å². The van der Waals surface area contributed by atoms with Gasteiger partial charge in [0.05, 0.1) is 4.88 Å². The number of aromatic nitrogens is 2. The lowest BCUT2D eigenvalue weighted by Gasteiger charge is -1.99.